The van der Waals surface area contributed by atoms with Gasteiger partial charge in [-0.1, -0.05) is 0 Å². The molecule has 0 atom stereocenters. The number of ether oxygens (including phenoxy) is 3. The fourth-order valence-electron chi connectivity index (χ4n) is 1.95. The number of allylic oxidation sites excluding steroid dienone is 2. The van der Waals surface area contributed by atoms with Crippen LogP contribution in [0.3, 0.4) is 0 Å². The Morgan fingerprint density at radius 3 is 2.17 bits per heavy atom. The van der Waals surface area contributed by atoms with Crippen molar-refractivity contribution < 1.29 is 24.1 Å². The first-order valence-electron chi connectivity index (χ1n) is 7.16. The van der Waals surface area contributed by atoms with E-state index in [0.29, 0.717) is 30.2 Å². The molecule has 1 aromatic rings. The van der Waals surface area contributed by atoms with Crippen molar-refractivity contribution in [2.75, 3.05) is 27.4 Å². The summed E-state index contributed by atoms with van der Waals surface area (Å²) in [4.78, 5) is 16.3. The minimum Gasteiger partial charge on any atom is -0.494 e. The van der Waals surface area contributed by atoms with Gasteiger partial charge in [0.05, 0.1) is 32.2 Å². The summed E-state index contributed by atoms with van der Waals surface area (Å²) in [6, 6.07) is 7.20. The maximum absolute atomic E-state index is 11.9. The molecular weight excluding hydrogens is 298 g/mol. The molecule has 0 unspecified atom stereocenters. The van der Waals surface area contributed by atoms with Gasteiger partial charge in [-0.25, -0.2) is 4.99 Å². The van der Waals surface area contributed by atoms with Crippen molar-refractivity contribution in [2.24, 2.45) is 4.99 Å². The van der Waals surface area contributed by atoms with Crippen molar-refractivity contribution in [3.05, 3.63) is 47.9 Å². The number of carbonyl (C=O) groups is 1. The first kappa shape index (κ1) is 16.8. The highest BCUT2D eigenvalue weighted by atomic mass is 16.5. The average molecular weight is 317 g/mol. The Labute approximate surface area is 134 Å². The van der Waals surface area contributed by atoms with Crippen molar-refractivity contribution in [2.45, 2.75) is 6.42 Å². The number of hydrogen-bond acceptors (Lipinski definition) is 6. The quantitative estimate of drug-likeness (QED) is 0.616. The number of benzene rings is 1. The Balaban J connectivity index is 2.15. The zero-order valence-corrected chi connectivity index (χ0v) is 13.1. The lowest BCUT2D eigenvalue weighted by Crippen LogP contribution is -2.16. The van der Waals surface area contributed by atoms with Crippen LogP contribution in [0, 0.1) is 0 Å². The van der Waals surface area contributed by atoms with Crippen molar-refractivity contribution in [1.29, 1.82) is 0 Å². The lowest BCUT2D eigenvalue weighted by Gasteiger charge is -2.13. The molecule has 6 nitrogen and oxygen atoms in total. The maximum atomic E-state index is 11.9. The molecule has 1 aromatic carbocycles. The number of Topliss-reactive ketones (excluding diaryl/α,β-unsaturated/α-hetero) is 1. The number of nitrogens with zero attached hydrogens (tertiary/aromatic N) is 1. The molecule has 1 N–H and O–H groups in total. The van der Waals surface area contributed by atoms with Gasteiger partial charge in [-0.3, -0.25) is 4.79 Å². The van der Waals surface area contributed by atoms with Crippen LogP contribution in [-0.4, -0.2) is 44.0 Å². The van der Waals surface area contributed by atoms with Crippen LogP contribution >= 0.6 is 0 Å². The fourth-order valence-corrected chi connectivity index (χ4v) is 1.95. The molecule has 1 aliphatic rings. The zero-order chi connectivity index (χ0) is 16.7. The standard InChI is InChI=1S/C17H19NO5/c1-21-15-10-13(11-16(22-2)17(15)20)18-12-4-6-14(7-5-12)23-9-3-8-19/h4-7,10-11,19H,3,8-9H2,1-2H3. The van der Waals surface area contributed by atoms with E-state index >= 15 is 0 Å². The smallest absolute Gasteiger partial charge is 0.262 e. The molecular formula is C17H19NO5. The van der Waals surface area contributed by atoms with E-state index in [1.165, 1.54) is 14.2 Å². The normalized spacial score (nSPS) is 14.0. The van der Waals surface area contributed by atoms with Crippen LogP contribution in [0.4, 0.5) is 5.69 Å². The van der Waals surface area contributed by atoms with E-state index in [9.17, 15) is 4.79 Å². The molecule has 0 bridgehead atoms. The molecule has 0 amide bonds. The third-order valence-corrected chi connectivity index (χ3v) is 3.11. The Kier molecular flexibility index (Phi) is 5.94. The second-order valence-electron chi connectivity index (χ2n) is 4.71. The van der Waals surface area contributed by atoms with Crippen molar-refractivity contribution in [1.82, 2.24) is 0 Å². The van der Waals surface area contributed by atoms with E-state index in [2.05, 4.69) is 4.99 Å². The highest BCUT2D eigenvalue weighted by Crippen LogP contribution is 2.21. The van der Waals surface area contributed by atoms with Crippen LogP contribution in [0.25, 0.3) is 0 Å². The number of aliphatic hydroxyl groups is 1. The Morgan fingerprint density at radius 1 is 1.04 bits per heavy atom. The Morgan fingerprint density at radius 2 is 1.65 bits per heavy atom. The number of aliphatic imine (C=N–C) groups is 1. The van der Waals surface area contributed by atoms with E-state index < -0.39 is 0 Å². The van der Waals surface area contributed by atoms with Gasteiger partial charge in [-0.05, 0) is 24.3 Å². The van der Waals surface area contributed by atoms with Gasteiger partial charge < -0.3 is 19.3 Å². The van der Waals surface area contributed by atoms with Crippen molar-refractivity contribution in [3.63, 3.8) is 0 Å². The fraction of sp³-hybridized carbons (Fsp3) is 0.294. The van der Waals surface area contributed by atoms with E-state index in [0.717, 1.165) is 0 Å². The van der Waals surface area contributed by atoms with E-state index in [4.69, 9.17) is 19.3 Å². The molecule has 0 spiro atoms. The number of carbonyl (C=O) groups excluding carboxylic acids is 1. The Hall–Kier alpha value is -2.60. The van der Waals surface area contributed by atoms with Gasteiger partial charge in [0.15, 0.2) is 11.5 Å². The highest BCUT2D eigenvalue weighted by Gasteiger charge is 2.22. The van der Waals surface area contributed by atoms with Gasteiger partial charge in [-0.15, -0.1) is 0 Å². The highest BCUT2D eigenvalue weighted by molar-refractivity contribution is 6.20. The van der Waals surface area contributed by atoms with Gasteiger partial charge in [0, 0.05) is 25.2 Å². The van der Waals surface area contributed by atoms with Gasteiger partial charge in [0.1, 0.15) is 5.75 Å². The number of rotatable bonds is 7. The molecule has 1 aliphatic carbocycles. The number of hydrogen-bond donors (Lipinski definition) is 1. The minimum atomic E-state index is -0.304. The summed E-state index contributed by atoms with van der Waals surface area (Å²) < 4.78 is 15.6. The predicted octanol–water partition coefficient (Wildman–Crippen LogP) is 2.16. The second-order valence-corrected chi connectivity index (χ2v) is 4.71. The van der Waals surface area contributed by atoms with Crippen molar-refractivity contribution in [3.8, 4) is 5.75 Å². The molecule has 6 heteroatoms. The van der Waals surface area contributed by atoms with Crippen LogP contribution in [-0.2, 0) is 14.3 Å². The van der Waals surface area contributed by atoms with Crippen LogP contribution < -0.4 is 4.74 Å². The van der Waals surface area contributed by atoms with Crippen molar-refractivity contribution >= 4 is 17.2 Å². The lowest BCUT2D eigenvalue weighted by molar-refractivity contribution is -0.117. The molecule has 0 saturated carbocycles. The maximum Gasteiger partial charge on any atom is 0.262 e. The summed E-state index contributed by atoms with van der Waals surface area (Å²) in [6.07, 6.45) is 3.72. The molecule has 122 valence electrons. The monoisotopic (exact) mass is 317 g/mol. The summed E-state index contributed by atoms with van der Waals surface area (Å²) >= 11 is 0. The van der Waals surface area contributed by atoms with Crippen LogP contribution in [0.1, 0.15) is 6.42 Å². The summed E-state index contributed by atoms with van der Waals surface area (Å²) in [5.41, 5.74) is 1.27. The summed E-state index contributed by atoms with van der Waals surface area (Å²) in [6.45, 7) is 0.569. The summed E-state index contributed by atoms with van der Waals surface area (Å²) in [5, 5.41) is 8.72. The number of methoxy groups -OCH3 is 2. The minimum absolute atomic E-state index is 0.104. The van der Waals surface area contributed by atoms with E-state index in [1.807, 2.05) is 0 Å². The van der Waals surface area contributed by atoms with Crippen LogP contribution in [0.15, 0.2) is 52.9 Å². The average Bonchev–Trinajstić information content (AvgIpc) is 2.58. The van der Waals surface area contributed by atoms with Gasteiger partial charge in [0.2, 0.25) is 0 Å². The van der Waals surface area contributed by atoms with Crippen LogP contribution in [0.2, 0.25) is 0 Å². The van der Waals surface area contributed by atoms with E-state index in [1.54, 1.807) is 36.4 Å². The largest absolute Gasteiger partial charge is 0.494 e. The topological polar surface area (TPSA) is 77.3 Å². The molecule has 2 rings (SSSR count). The first-order chi connectivity index (χ1) is 11.2. The predicted molar refractivity (Wildman–Crippen MR) is 85.9 cm³/mol. The van der Waals surface area contributed by atoms with Gasteiger partial charge in [0.25, 0.3) is 5.78 Å². The number of ketones is 1. The molecule has 0 fully saturated rings. The number of aliphatic hydroxyl groups excluding tert-OH is 1. The third-order valence-electron chi connectivity index (χ3n) is 3.11. The zero-order valence-electron chi connectivity index (χ0n) is 13.1. The Bertz CT molecular complexity index is 617. The summed E-state index contributed by atoms with van der Waals surface area (Å²) in [5.74, 6) is 0.781. The van der Waals surface area contributed by atoms with Gasteiger partial charge >= 0.3 is 0 Å². The second kappa shape index (κ2) is 8.14. The molecule has 0 aliphatic heterocycles. The molecule has 23 heavy (non-hydrogen) atoms. The van der Waals surface area contributed by atoms with Crippen LogP contribution in [0.5, 0.6) is 5.75 Å². The molecule has 0 aromatic heterocycles. The van der Waals surface area contributed by atoms with E-state index in [-0.39, 0.29) is 23.9 Å². The summed E-state index contributed by atoms with van der Waals surface area (Å²) in [7, 11) is 2.86. The SMILES string of the molecule is COC1=CC(=Nc2ccc(OCCCO)cc2)C=C(OC)C1=O. The molecule has 0 heterocycles. The first-order valence-corrected chi connectivity index (χ1v) is 7.16. The molecule has 0 saturated heterocycles. The van der Waals surface area contributed by atoms with Gasteiger partial charge in [-0.2, -0.15) is 0 Å². The third kappa shape index (κ3) is 4.43. The molecule has 0 radical (unpaired) electrons. The lowest BCUT2D eigenvalue weighted by atomic mass is 10.1.